The number of halogens is 4. The molecule has 0 atom stereocenters. The molecule has 1 heterocycles. The molecule has 0 radical (unpaired) electrons. The van der Waals surface area contributed by atoms with Gasteiger partial charge in [0.05, 0.1) is 23.2 Å². The Morgan fingerprint density at radius 2 is 1.61 bits per heavy atom. The Morgan fingerprint density at radius 3 is 2.26 bits per heavy atom. The van der Waals surface area contributed by atoms with Crippen LogP contribution in [-0.4, -0.2) is 12.1 Å². The van der Waals surface area contributed by atoms with Crippen LogP contribution in [0.2, 0.25) is 5.02 Å². The van der Waals surface area contributed by atoms with Gasteiger partial charge >= 0.3 is 6.18 Å². The molecule has 0 saturated carbocycles. The summed E-state index contributed by atoms with van der Waals surface area (Å²) in [6, 6.07) is 15.2. The largest absolute Gasteiger partial charge is 0.495 e. The van der Waals surface area contributed by atoms with E-state index in [1.54, 1.807) is 49.4 Å². The number of rotatable bonds is 3. The molecule has 4 rings (SSSR count). The highest BCUT2D eigenvalue weighted by molar-refractivity contribution is 6.32. The van der Waals surface area contributed by atoms with Crippen molar-refractivity contribution in [1.29, 1.82) is 0 Å². The Kier molecular flexibility index (Phi) is 5.27. The lowest BCUT2D eigenvalue weighted by Crippen LogP contribution is -2.10. The molecule has 1 aromatic heterocycles. The lowest BCUT2D eigenvalue weighted by molar-refractivity contribution is -0.137. The minimum Gasteiger partial charge on any atom is -0.495 e. The van der Waals surface area contributed by atoms with E-state index in [1.165, 1.54) is 13.2 Å². The third kappa shape index (κ3) is 3.91. The summed E-state index contributed by atoms with van der Waals surface area (Å²) >= 11 is 6.19. The van der Waals surface area contributed by atoms with E-state index in [2.05, 4.69) is 4.98 Å². The van der Waals surface area contributed by atoms with Crippen LogP contribution in [0.25, 0.3) is 33.2 Å². The van der Waals surface area contributed by atoms with Gasteiger partial charge in [0, 0.05) is 22.7 Å². The average molecular weight is 444 g/mol. The number of pyridine rings is 1. The number of aromatic amines is 1. The highest BCUT2D eigenvalue weighted by atomic mass is 35.5. The van der Waals surface area contributed by atoms with E-state index in [0.29, 0.717) is 49.6 Å². The van der Waals surface area contributed by atoms with E-state index in [4.69, 9.17) is 16.3 Å². The molecule has 0 spiro atoms. The lowest BCUT2D eigenvalue weighted by Gasteiger charge is -2.12. The van der Waals surface area contributed by atoms with Gasteiger partial charge in [-0.05, 0) is 41.8 Å². The van der Waals surface area contributed by atoms with Crippen LogP contribution in [0.5, 0.6) is 5.75 Å². The number of aryl methyl sites for hydroxylation is 1. The standard InChI is InChI=1S/C24H17ClF3NO2/c1-13-22(23(30)18-11-19(25)21(31-2)12-20(18)29-13)15-8-6-14(7-9-15)16-4-3-5-17(10-16)24(26,27)28/h3-12H,1-2H3,(H,29,30). The van der Waals surface area contributed by atoms with E-state index in [0.717, 1.165) is 12.1 Å². The molecule has 0 aliphatic carbocycles. The van der Waals surface area contributed by atoms with Gasteiger partial charge < -0.3 is 9.72 Å². The van der Waals surface area contributed by atoms with Crippen LogP contribution in [0.1, 0.15) is 11.3 Å². The molecule has 0 saturated heterocycles. The van der Waals surface area contributed by atoms with Crippen molar-refractivity contribution in [2.24, 2.45) is 0 Å². The quantitative estimate of drug-likeness (QED) is 0.376. The molecule has 3 nitrogen and oxygen atoms in total. The van der Waals surface area contributed by atoms with Crippen LogP contribution < -0.4 is 10.2 Å². The number of fused-ring (bicyclic) bond motifs is 1. The van der Waals surface area contributed by atoms with Crippen molar-refractivity contribution in [3.8, 4) is 28.0 Å². The molecule has 0 amide bonds. The minimum absolute atomic E-state index is 0.192. The van der Waals surface area contributed by atoms with Crippen LogP contribution in [0.4, 0.5) is 13.2 Å². The van der Waals surface area contributed by atoms with Crippen LogP contribution in [0.15, 0.2) is 65.5 Å². The molecule has 0 aliphatic heterocycles. The maximum absolute atomic E-state index is 13.2. The number of hydrogen-bond acceptors (Lipinski definition) is 2. The van der Waals surface area contributed by atoms with Gasteiger partial charge in [-0.25, -0.2) is 0 Å². The van der Waals surface area contributed by atoms with Crippen molar-refractivity contribution in [2.45, 2.75) is 13.1 Å². The fraction of sp³-hybridized carbons (Fsp3) is 0.125. The molecule has 0 aliphatic rings. The fourth-order valence-electron chi connectivity index (χ4n) is 3.62. The Labute approximate surface area is 181 Å². The molecule has 0 unspecified atom stereocenters. The number of hydrogen-bond donors (Lipinski definition) is 1. The number of ether oxygens (including phenoxy) is 1. The molecular weight excluding hydrogens is 427 g/mol. The van der Waals surface area contributed by atoms with E-state index in [1.807, 2.05) is 0 Å². The normalized spacial score (nSPS) is 11.7. The fourth-order valence-corrected chi connectivity index (χ4v) is 3.86. The third-order valence-electron chi connectivity index (χ3n) is 5.16. The molecule has 158 valence electrons. The zero-order valence-electron chi connectivity index (χ0n) is 16.6. The van der Waals surface area contributed by atoms with Crippen LogP contribution in [0, 0.1) is 6.92 Å². The molecule has 1 N–H and O–H groups in total. The molecule has 7 heteroatoms. The minimum atomic E-state index is -4.41. The number of alkyl halides is 3. The number of benzene rings is 3. The molecule has 0 bridgehead atoms. The predicted molar refractivity (Wildman–Crippen MR) is 117 cm³/mol. The van der Waals surface area contributed by atoms with E-state index >= 15 is 0 Å². The predicted octanol–water partition coefficient (Wildman–Crippen LogP) is 6.85. The molecule has 31 heavy (non-hydrogen) atoms. The molecule has 0 fully saturated rings. The molecule has 4 aromatic rings. The van der Waals surface area contributed by atoms with Crippen LogP contribution in [0.3, 0.4) is 0 Å². The zero-order chi connectivity index (χ0) is 22.3. The van der Waals surface area contributed by atoms with Crippen LogP contribution in [-0.2, 0) is 6.18 Å². The number of H-pyrrole nitrogens is 1. The van der Waals surface area contributed by atoms with Gasteiger partial charge in [0.25, 0.3) is 0 Å². The maximum Gasteiger partial charge on any atom is 0.416 e. The number of methoxy groups -OCH3 is 1. The van der Waals surface area contributed by atoms with Crippen molar-refractivity contribution < 1.29 is 17.9 Å². The monoisotopic (exact) mass is 443 g/mol. The summed E-state index contributed by atoms with van der Waals surface area (Å²) in [5, 5.41) is 0.753. The van der Waals surface area contributed by atoms with Gasteiger partial charge in [-0.3, -0.25) is 4.79 Å². The highest BCUT2D eigenvalue weighted by Gasteiger charge is 2.30. The Hall–Kier alpha value is -3.25. The Bertz CT molecular complexity index is 1340. The van der Waals surface area contributed by atoms with Gasteiger partial charge in [0.15, 0.2) is 5.43 Å². The second kappa shape index (κ2) is 7.78. The summed E-state index contributed by atoms with van der Waals surface area (Å²) in [5.41, 5.74) is 2.57. The van der Waals surface area contributed by atoms with Gasteiger partial charge in [-0.2, -0.15) is 13.2 Å². The second-order valence-corrected chi connectivity index (χ2v) is 7.55. The van der Waals surface area contributed by atoms with Crippen molar-refractivity contribution in [3.63, 3.8) is 0 Å². The summed E-state index contributed by atoms with van der Waals surface area (Å²) in [5.74, 6) is 0.461. The first-order chi connectivity index (χ1) is 14.7. The number of nitrogens with one attached hydrogen (secondary N) is 1. The summed E-state index contributed by atoms with van der Waals surface area (Å²) in [4.78, 5) is 16.4. The first-order valence-electron chi connectivity index (χ1n) is 9.37. The van der Waals surface area contributed by atoms with E-state index in [9.17, 15) is 18.0 Å². The van der Waals surface area contributed by atoms with Crippen molar-refractivity contribution in [1.82, 2.24) is 4.98 Å². The molecule has 3 aromatic carbocycles. The molecular formula is C24H17ClF3NO2. The van der Waals surface area contributed by atoms with Gasteiger partial charge in [-0.1, -0.05) is 48.0 Å². The highest BCUT2D eigenvalue weighted by Crippen LogP contribution is 2.33. The van der Waals surface area contributed by atoms with Gasteiger partial charge in [-0.15, -0.1) is 0 Å². The summed E-state index contributed by atoms with van der Waals surface area (Å²) in [6.45, 7) is 1.79. The summed E-state index contributed by atoms with van der Waals surface area (Å²) in [7, 11) is 1.50. The number of aromatic nitrogens is 1. The Morgan fingerprint density at radius 1 is 0.935 bits per heavy atom. The first kappa shape index (κ1) is 21.0. The summed E-state index contributed by atoms with van der Waals surface area (Å²) < 4.78 is 44.2. The van der Waals surface area contributed by atoms with Crippen molar-refractivity contribution in [3.05, 3.63) is 87.2 Å². The average Bonchev–Trinajstić information content (AvgIpc) is 2.74. The van der Waals surface area contributed by atoms with E-state index < -0.39 is 11.7 Å². The second-order valence-electron chi connectivity index (χ2n) is 7.14. The van der Waals surface area contributed by atoms with E-state index in [-0.39, 0.29) is 5.43 Å². The van der Waals surface area contributed by atoms with Gasteiger partial charge in [0.1, 0.15) is 5.75 Å². The third-order valence-corrected chi connectivity index (χ3v) is 5.45. The van der Waals surface area contributed by atoms with Crippen LogP contribution >= 0.6 is 11.6 Å². The summed E-state index contributed by atoms with van der Waals surface area (Å²) in [6.07, 6.45) is -4.41. The smallest absolute Gasteiger partial charge is 0.416 e. The Balaban J connectivity index is 1.79. The zero-order valence-corrected chi connectivity index (χ0v) is 17.4. The SMILES string of the molecule is COc1cc2[nH]c(C)c(-c3ccc(-c4cccc(C(F)(F)F)c4)cc3)c(=O)c2cc1Cl. The van der Waals surface area contributed by atoms with Gasteiger partial charge in [0.2, 0.25) is 0 Å². The van der Waals surface area contributed by atoms with Crippen molar-refractivity contribution in [2.75, 3.05) is 7.11 Å². The van der Waals surface area contributed by atoms with Crippen molar-refractivity contribution >= 4 is 22.5 Å². The maximum atomic E-state index is 13.2. The topological polar surface area (TPSA) is 42.1 Å². The first-order valence-corrected chi connectivity index (χ1v) is 9.75. The lowest BCUT2D eigenvalue weighted by atomic mass is 9.97.